The van der Waals surface area contributed by atoms with Gasteiger partial charge in [-0.2, -0.15) is 13.2 Å². The van der Waals surface area contributed by atoms with E-state index in [1.807, 2.05) is 0 Å². The summed E-state index contributed by atoms with van der Waals surface area (Å²) in [7, 11) is 0. The van der Waals surface area contributed by atoms with Gasteiger partial charge in [0.15, 0.2) is 0 Å². The van der Waals surface area contributed by atoms with Crippen LogP contribution < -0.4 is 10.1 Å². The largest absolute Gasteiger partial charge is 0.439 e. The smallest absolute Gasteiger partial charge is 0.416 e. The summed E-state index contributed by atoms with van der Waals surface area (Å²) in [6, 6.07) is 14.1. The SMILES string of the molecule is O=C(Nc1ccccc1F)c1cccc(Oc2cccc(C(F)(F)F)c2)n1. The first-order valence-electron chi connectivity index (χ1n) is 7.71. The topological polar surface area (TPSA) is 51.2 Å². The van der Waals surface area contributed by atoms with Crippen LogP contribution in [0.25, 0.3) is 0 Å². The van der Waals surface area contributed by atoms with Gasteiger partial charge in [0.1, 0.15) is 17.3 Å². The molecule has 0 radical (unpaired) electrons. The van der Waals surface area contributed by atoms with Crippen LogP contribution in [0.3, 0.4) is 0 Å². The van der Waals surface area contributed by atoms with Crippen LogP contribution in [0.15, 0.2) is 66.7 Å². The number of pyridine rings is 1. The van der Waals surface area contributed by atoms with Crippen molar-refractivity contribution >= 4 is 11.6 Å². The van der Waals surface area contributed by atoms with Crippen molar-refractivity contribution < 1.29 is 27.1 Å². The number of halogens is 4. The van der Waals surface area contributed by atoms with Crippen LogP contribution in [-0.2, 0) is 6.18 Å². The van der Waals surface area contributed by atoms with E-state index in [0.717, 1.165) is 12.1 Å². The first-order chi connectivity index (χ1) is 12.8. The second kappa shape index (κ2) is 7.45. The first-order valence-corrected chi connectivity index (χ1v) is 7.71. The summed E-state index contributed by atoms with van der Waals surface area (Å²) >= 11 is 0. The highest BCUT2D eigenvalue weighted by Gasteiger charge is 2.30. The second-order valence-corrected chi connectivity index (χ2v) is 5.42. The molecule has 0 saturated carbocycles. The Hall–Kier alpha value is -3.42. The van der Waals surface area contributed by atoms with Crippen molar-refractivity contribution in [3.05, 3.63) is 83.8 Å². The maximum absolute atomic E-state index is 13.6. The normalized spacial score (nSPS) is 11.1. The van der Waals surface area contributed by atoms with Crippen LogP contribution in [0.1, 0.15) is 16.1 Å². The number of nitrogens with one attached hydrogen (secondary N) is 1. The maximum Gasteiger partial charge on any atom is 0.416 e. The van der Waals surface area contributed by atoms with Crippen LogP contribution in [-0.4, -0.2) is 10.9 Å². The molecule has 8 heteroatoms. The fraction of sp³-hybridized carbons (Fsp3) is 0.0526. The molecule has 0 unspecified atom stereocenters. The Balaban J connectivity index is 1.78. The van der Waals surface area contributed by atoms with E-state index in [1.165, 1.54) is 48.5 Å². The molecule has 0 atom stereocenters. The number of nitrogens with zero attached hydrogens (tertiary/aromatic N) is 1. The molecule has 3 aromatic rings. The van der Waals surface area contributed by atoms with Crippen molar-refractivity contribution in [3.8, 4) is 11.6 Å². The lowest BCUT2D eigenvalue weighted by Gasteiger charge is -2.10. The fourth-order valence-corrected chi connectivity index (χ4v) is 2.20. The molecule has 3 rings (SSSR count). The van der Waals surface area contributed by atoms with Crippen molar-refractivity contribution in [3.63, 3.8) is 0 Å². The number of hydrogen-bond acceptors (Lipinski definition) is 3. The third-order valence-corrected chi connectivity index (χ3v) is 3.46. The number of rotatable bonds is 4. The van der Waals surface area contributed by atoms with Gasteiger partial charge in [-0.3, -0.25) is 4.79 Å². The Bertz CT molecular complexity index is 974. The van der Waals surface area contributed by atoms with Gasteiger partial charge in [-0.15, -0.1) is 0 Å². The van der Waals surface area contributed by atoms with Crippen molar-refractivity contribution in [1.82, 2.24) is 4.98 Å². The number of ether oxygens (including phenoxy) is 1. The molecule has 0 spiro atoms. The van der Waals surface area contributed by atoms with Crippen LogP contribution in [0.2, 0.25) is 0 Å². The molecular formula is C19H12F4N2O2. The van der Waals surface area contributed by atoms with Gasteiger partial charge in [-0.25, -0.2) is 9.37 Å². The standard InChI is InChI=1S/C19H12F4N2O2/c20-14-7-1-2-8-15(14)25-18(26)16-9-4-10-17(24-16)27-13-6-3-5-12(11-13)19(21,22)23/h1-11H,(H,25,26). The van der Waals surface area contributed by atoms with Crippen molar-refractivity contribution in [2.75, 3.05) is 5.32 Å². The third kappa shape index (κ3) is 4.60. The van der Waals surface area contributed by atoms with Crippen molar-refractivity contribution in [2.24, 2.45) is 0 Å². The summed E-state index contributed by atoms with van der Waals surface area (Å²) in [5.41, 5.74) is -0.968. The maximum atomic E-state index is 13.6. The number of carbonyl (C=O) groups excluding carboxylic acids is 1. The van der Waals surface area contributed by atoms with Gasteiger partial charge in [0.25, 0.3) is 5.91 Å². The van der Waals surface area contributed by atoms with Crippen molar-refractivity contribution in [2.45, 2.75) is 6.18 Å². The summed E-state index contributed by atoms with van der Waals surface area (Å²) in [6.07, 6.45) is -4.51. The molecular weight excluding hydrogens is 364 g/mol. The average Bonchev–Trinajstić information content (AvgIpc) is 2.63. The summed E-state index contributed by atoms with van der Waals surface area (Å²) in [5, 5.41) is 2.37. The molecule has 1 aromatic heterocycles. The van der Waals surface area contributed by atoms with E-state index >= 15 is 0 Å². The van der Waals surface area contributed by atoms with Crippen molar-refractivity contribution in [1.29, 1.82) is 0 Å². The van der Waals surface area contributed by atoms with E-state index in [-0.39, 0.29) is 23.0 Å². The minimum Gasteiger partial charge on any atom is -0.439 e. The minimum atomic E-state index is -4.51. The molecule has 4 nitrogen and oxygen atoms in total. The first kappa shape index (κ1) is 18.4. The number of amides is 1. The Morgan fingerprint density at radius 2 is 1.70 bits per heavy atom. The lowest BCUT2D eigenvalue weighted by molar-refractivity contribution is -0.137. The summed E-state index contributed by atoms with van der Waals surface area (Å²) in [4.78, 5) is 16.2. The fourth-order valence-electron chi connectivity index (χ4n) is 2.20. The number of para-hydroxylation sites is 1. The Morgan fingerprint density at radius 3 is 2.44 bits per heavy atom. The van der Waals surface area contributed by atoms with E-state index < -0.39 is 23.5 Å². The minimum absolute atomic E-state index is 0.0199. The van der Waals surface area contributed by atoms with Crippen LogP contribution >= 0.6 is 0 Å². The second-order valence-electron chi connectivity index (χ2n) is 5.42. The van der Waals surface area contributed by atoms with Gasteiger partial charge in [0.2, 0.25) is 5.88 Å². The number of aromatic nitrogens is 1. The molecule has 0 bridgehead atoms. The summed E-state index contributed by atoms with van der Waals surface area (Å²) < 4.78 is 57.2. The highest BCUT2D eigenvalue weighted by molar-refractivity contribution is 6.02. The highest BCUT2D eigenvalue weighted by Crippen LogP contribution is 2.32. The Labute approximate surface area is 151 Å². The van der Waals surface area contributed by atoms with E-state index in [4.69, 9.17) is 4.74 Å². The van der Waals surface area contributed by atoms with Gasteiger partial charge in [0.05, 0.1) is 11.3 Å². The monoisotopic (exact) mass is 376 g/mol. The number of hydrogen-bond donors (Lipinski definition) is 1. The van der Waals surface area contributed by atoms with Gasteiger partial charge < -0.3 is 10.1 Å². The van der Waals surface area contributed by atoms with Crippen LogP contribution in [0.5, 0.6) is 11.6 Å². The molecule has 0 aliphatic heterocycles. The molecule has 0 aliphatic carbocycles. The van der Waals surface area contributed by atoms with E-state index in [2.05, 4.69) is 10.3 Å². The number of anilines is 1. The Kier molecular flexibility index (Phi) is 5.07. The number of benzene rings is 2. The van der Waals surface area contributed by atoms with E-state index in [9.17, 15) is 22.4 Å². The molecule has 0 aliphatic rings. The number of alkyl halides is 3. The molecule has 1 amide bonds. The molecule has 0 saturated heterocycles. The van der Waals surface area contributed by atoms with Gasteiger partial charge in [-0.05, 0) is 36.4 Å². The lowest BCUT2D eigenvalue weighted by atomic mass is 10.2. The summed E-state index contributed by atoms with van der Waals surface area (Å²) in [6.45, 7) is 0. The zero-order valence-corrected chi connectivity index (χ0v) is 13.6. The molecule has 1 N–H and O–H groups in total. The third-order valence-electron chi connectivity index (χ3n) is 3.46. The number of carbonyl (C=O) groups is 1. The molecule has 0 fully saturated rings. The van der Waals surface area contributed by atoms with Crippen LogP contribution in [0.4, 0.5) is 23.2 Å². The van der Waals surface area contributed by atoms with Gasteiger partial charge in [-0.1, -0.05) is 24.3 Å². The highest BCUT2D eigenvalue weighted by atomic mass is 19.4. The lowest BCUT2D eigenvalue weighted by Crippen LogP contribution is -2.14. The zero-order chi connectivity index (χ0) is 19.4. The van der Waals surface area contributed by atoms with Gasteiger partial charge >= 0.3 is 6.18 Å². The molecule has 2 aromatic carbocycles. The van der Waals surface area contributed by atoms with E-state index in [0.29, 0.717) is 0 Å². The summed E-state index contributed by atoms with van der Waals surface area (Å²) in [5.74, 6) is -1.45. The predicted molar refractivity (Wildman–Crippen MR) is 90.1 cm³/mol. The van der Waals surface area contributed by atoms with Crippen LogP contribution in [0, 0.1) is 5.82 Å². The average molecular weight is 376 g/mol. The molecule has 1 heterocycles. The zero-order valence-electron chi connectivity index (χ0n) is 13.6. The molecule has 138 valence electrons. The van der Waals surface area contributed by atoms with E-state index in [1.54, 1.807) is 6.07 Å². The Morgan fingerprint density at radius 1 is 0.963 bits per heavy atom. The predicted octanol–water partition coefficient (Wildman–Crippen LogP) is 5.28. The molecule has 27 heavy (non-hydrogen) atoms. The van der Waals surface area contributed by atoms with Gasteiger partial charge in [0, 0.05) is 6.07 Å². The quantitative estimate of drug-likeness (QED) is 0.630.